The zero-order valence-electron chi connectivity index (χ0n) is 10.6. The van der Waals surface area contributed by atoms with Gasteiger partial charge in [0.15, 0.2) is 0 Å². The number of nitrogens with zero attached hydrogens (tertiary/aromatic N) is 1. The number of hydrogen-bond donors (Lipinski definition) is 3. The number of hydrogen-bond acceptors (Lipinski definition) is 4. The van der Waals surface area contributed by atoms with Crippen molar-refractivity contribution in [1.29, 1.82) is 0 Å². The average Bonchev–Trinajstić information content (AvgIpc) is 2.28. The van der Waals surface area contributed by atoms with Crippen molar-refractivity contribution in [3.8, 4) is 0 Å². The zero-order chi connectivity index (χ0) is 13.8. The van der Waals surface area contributed by atoms with Crippen LogP contribution in [0.4, 0.5) is 5.69 Å². The number of carbonyl (C=O) groups is 1. The quantitative estimate of drug-likeness (QED) is 0.714. The van der Waals surface area contributed by atoms with Crippen molar-refractivity contribution in [3.63, 3.8) is 0 Å². The Balaban J connectivity index is 2.41. The van der Waals surface area contributed by atoms with E-state index in [9.17, 15) is 9.59 Å². The summed E-state index contributed by atoms with van der Waals surface area (Å²) in [5.41, 5.74) is -0.408. The normalized spacial score (nSPS) is 11.1. The number of halogens is 1. The highest BCUT2D eigenvalue weighted by Crippen LogP contribution is 2.14. The molecule has 1 rings (SSSR count). The molecule has 0 spiro atoms. The lowest BCUT2D eigenvalue weighted by molar-refractivity contribution is -0.128. The summed E-state index contributed by atoms with van der Waals surface area (Å²) in [6, 6.07) is 0. The molecule has 0 aliphatic rings. The van der Waals surface area contributed by atoms with E-state index in [1.54, 1.807) is 0 Å². The van der Waals surface area contributed by atoms with Gasteiger partial charge >= 0.3 is 0 Å². The molecule has 100 valence electrons. The van der Waals surface area contributed by atoms with Gasteiger partial charge in [0.25, 0.3) is 5.56 Å². The minimum atomic E-state index is -0.444. The van der Waals surface area contributed by atoms with Crippen LogP contribution in [-0.4, -0.2) is 29.2 Å². The van der Waals surface area contributed by atoms with Gasteiger partial charge in [-0.3, -0.25) is 9.59 Å². The van der Waals surface area contributed by atoms with Crippen LogP contribution in [0, 0.1) is 5.41 Å². The molecule has 3 N–H and O–H groups in total. The Bertz CT molecular complexity index is 479. The van der Waals surface area contributed by atoms with E-state index in [2.05, 4.69) is 20.8 Å². The van der Waals surface area contributed by atoms with Gasteiger partial charge in [-0.25, -0.2) is 5.10 Å². The topological polar surface area (TPSA) is 86.9 Å². The minimum Gasteiger partial charge on any atom is -0.381 e. The van der Waals surface area contributed by atoms with E-state index >= 15 is 0 Å². The maximum Gasteiger partial charge on any atom is 0.285 e. The third-order valence-corrected chi connectivity index (χ3v) is 2.58. The van der Waals surface area contributed by atoms with Gasteiger partial charge in [0.05, 0.1) is 11.9 Å². The molecule has 0 aliphatic heterocycles. The van der Waals surface area contributed by atoms with Crippen LogP contribution in [0.1, 0.15) is 20.8 Å². The predicted octanol–water partition coefficient (Wildman–Crippen LogP) is 0.997. The Labute approximate surface area is 110 Å². The number of aromatic nitrogens is 2. The highest BCUT2D eigenvalue weighted by Gasteiger charge is 2.20. The fraction of sp³-hybridized carbons (Fsp3) is 0.545. The molecule has 0 radical (unpaired) electrons. The molecule has 0 aromatic carbocycles. The summed E-state index contributed by atoms with van der Waals surface area (Å²) in [6.07, 6.45) is 1.43. The van der Waals surface area contributed by atoms with E-state index in [1.807, 2.05) is 20.8 Å². The van der Waals surface area contributed by atoms with Crippen molar-refractivity contribution < 1.29 is 4.79 Å². The first-order valence-corrected chi connectivity index (χ1v) is 5.95. The van der Waals surface area contributed by atoms with Crippen molar-refractivity contribution >= 4 is 23.2 Å². The molecule has 6 nitrogen and oxygen atoms in total. The monoisotopic (exact) mass is 272 g/mol. The fourth-order valence-corrected chi connectivity index (χ4v) is 1.30. The Morgan fingerprint density at radius 2 is 2.11 bits per heavy atom. The Morgan fingerprint density at radius 1 is 1.44 bits per heavy atom. The average molecular weight is 273 g/mol. The van der Waals surface area contributed by atoms with Gasteiger partial charge in [0.2, 0.25) is 5.91 Å². The number of H-pyrrole nitrogens is 1. The molecule has 18 heavy (non-hydrogen) atoms. The Hall–Kier alpha value is -1.56. The smallest absolute Gasteiger partial charge is 0.285 e. The maximum atomic E-state index is 11.6. The summed E-state index contributed by atoms with van der Waals surface area (Å²) in [7, 11) is 0. The molecule has 0 saturated carbocycles. The van der Waals surface area contributed by atoms with Crippen LogP contribution in [-0.2, 0) is 4.79 Å². The first-order valence-electron chi connectivity index (χ1n) is 5.57. The molecule has 0 aliphatic carbocycles. The lowest BCUT2D eigenvalue weighted by Gasteiger charge is -2.17. The van der Waals surface area contributed by atoms with E-state index in [4.69, 9.17) is 11.6 Å². The second kappa shape index (κ2) is 5.86. The number of anilines is 1. The Kier molecular flexibility index (Phi) is 4.72. The van der Waals surface area contributed by atoms with Crippen molar-refractivity contribution in [2.24, 2.45) is 5.41 Å². The van der Waals surface area contributed by atoms with Gasteiger partial charge in [0, 0.05) is 18.5 Å². The molecule has 0 unspecified atom stereocenters. The largest absolute Gasteiger partial charge is 0.381 e. The predicted molar refractivity (Wildman–Crippen MR) is 70.8 cm³/mol. The summed E-state index contributed by atoms with van der Waals surface area (Å²) < 4.78 is 0. The molecular formula is C11H17ClN4O2. The molecule has 0 saturated heterocycles. The molecule has 0 atom stereocenters. The second-order valence-electron chi connectivity index (χ2n) is 4.86. The number of nitrogens with one attached hydrogen (secondary N) is 3. The van der Waals surface area contributed by atoms with Crippen molar-refractivity contribution in [3.05, 3.63) is 21.6 Å². The minimum absolute atomic E-state index is 0.0283. The fourth-order valence-electron chi connectivity index (χ4n) is 1.15. The second-order valence-corrected chi connectivity index (χ2v) is 5.24. The van der Waals surface area contributed by atoms with Crippen LogP contribution >= 0.6 is 11.6 Å². The van der Waals surface area contributed by atoms with Crippen molar-refractivity contribution in [2.75, 3.05) is 18.4 Å². The van der Waals surface area contributed by atoms with Crippen molar-refractivity contribution in [2.45, 2.75) is 20.8 Å². The molecule has 0 bridgehead atoms. The summed E-state index contributed by atoms with van der Waals surface area (Å²) >= 11 is 5.77. The summed E-state index contributed by atoms with van der Waals surface area (Å²) in [6.45, 7) is 6.43. The third-order valence-electron chi connectivity index (χ3n) is 2.20. The summed E-state index contributed by atoms with van der Waals surface area (Å²) in [5, 5.41) is 11.6. The van der Waals surface area contributed by atoms with E-state index in [0.717, 1.165) is 0 Å². The van der Waals surface area contributed by atoms with Gasteiger partial charge in [-0.2, -0.15) is 5.10 Å². The van der Waals surface area contributed by atoms with E-state index in [0.29, 0.717) is 18.8 Å². The van der Waals surface area contributed by atoms with Crippen molar-refractivity contribution in [1.82, 2.24) is 15.5 Å². The van der Waals surface area contributed by atoms with Gasteiger partial charge in [-0.15, -0.1) is 0 Å². The van der Waals surface area contributed by atoms with Crippen LogP contribution < -0.4 is 16.2 Å². The Morgan fingerprint density at radius 3 is 2.72 bits per heavy atom. The molecular weight excluding hydrogens is 256 g/mol. The number of amides is 1. The van der Waals surface area contributed by atoms with E-state index in [1.165, 1.54) is 6.20 Å². The van der Waals surface area contributed by atoms with Crippen LogP contribution in [0.25, 0.3) is 0 Å². The standard InChI is InChI=1S/C11H17ClN4O2/c1-11(2,3)10(18)14-5-4-13-7-6-15-16-9(17)8(7)12/h6H,4-5H2,1-3H3,(H,14,18)(H2,13,16,17). The van der Waals surface area contributed by atoms with E-state index in [-0.39, 0.29) is 10.9 Å². The molecule has 7 heteroatoms. The lowest BCUT2D eigenvalue weighted by atomic mass is 9.96. The van der Waals surface area contributed by atoms with Gasteiger partial charge < -0.3 is 10.6 Å². The maximum absolute atomic E-state index is 11.6. The van der Waals surface area contributed by atoms with Crippen LogP contribution in [0.2, 0.25) is 5.02 Å². The van der Waals surface area contributed by atoms with E-state index < -0.39 is 11.0 Å². The summed E-state index contributed by atoms with van der Waals surface area (Å²) in [5.74, 6) is -0.0283. The lowest BCUT2D eigenvalue weighted by Crippen LogP contribution is -2.37. The number of carbonyl (C=O) groups excluding carboxylic acids is 1. The highest BCUT2D eigenvalue weighted by molar-refractivity contribution is 6.32. The zero-order valence-corrected chi connectivity index (χ0v) is 11.4. The van der Waals surface area contributed by atoms with Crippen LogP contribution in [0.15, 0.2) is 11.0 Å². The third kappa shape index (κ3) is 4.03. The number of aromatic amines is 1. The SMILES string of the molecule is CC(C)(C)C(=O)NCCNc1cn[nH]c(=O)c1Cl. The molecule has 0 fully saturated rings. The van der Waals surface area contributed by atoms with Crippen LogP contribution in [0.5, 0.6) is 0 Å². The summed E-state index contributed by atoms with van der Waals surface area (Å²) in [4.78, 5) is 22.7. The first-order chi connectivity index (χ1) is 8.32. The van der Waals surface area contributed by atoms with Gasteiger partial charge in [0.1, 0.15) is 5.02 Å². The first kappa shape index (κ1) is 14.5. The van der Waals surface area contributed by atoms with Gasteiger partial charge in [-0.1, -0.05) is 32.4 Å². The number of rotatable bonds is 4. The molecule has 1 aromatic rings. The highest BCUT2D eigenvalue weighted by atomic mass is 35.5. The van der Waals surface area contributed by atoms with Gasteiger partial charge in [-0.05, 0) is 0 Å². The van der Waals surface area contributed by atoms with Crippen LogP contribution in [0.3, 0.4) is 0 Å². The molecule has 1 heterocycles. The molecule has 1 amide bonds. The molecule has 1 aromatic heterocycles.